The Labute approximate surface area is 438 Å². The van der Waals surface area contributed by atoms with Gasteiger partial charge in [0.2, 0.25) is 39.4 Å². The molecule has 28 heteroatoms. The zero-order valence-electron chi connectivity index (χ0n) is 42.0. The second-order valence-corrected chi connectivity index (χ2v) is 15.7. The van der Waals surface area contributed by atoms with Crippen molar-refractivity contribution in [2.45, 2.75) is 34.6 Å². The Morgan fingerprint density at radius 3 is 1.36 bits per heavy atom. The molecule has 0 bridgehead atoms. The minimum atomic E-state index is -1.23. The van der Waals surface area contributed by atoms with Crippen molar-refractivity contribution in [1.29, 1.82) is 0 Å². The summed E-state index contributed by atoms with van der Waals surface area (Å²) in [6.07, 6.45) is 0. The average Bonchev–Trinajstić information content (AvgIpc) is 3.44. The van der Waals surface area contributed by atoms with E-state index < -0.39 is 156 Å². The Morgan fingerprint density at radius 2 is 0.897 bits per heavy atom. The maximum atomic E-state index is 15.8. The van der Waals surface area contributed by atoms with Crippen LogP contribution in [0.1, 0.15) is 34.6 Å². The lowest BCUT2D eigenvalue weighted by Crippen LogP contribution is -2.37. The van der Waals surface area contributed by atoms with Crippen molar-refractivity contribution in [3.8, 4) is 39.7 Å². The molecule has 78 heavy (non-hydrogen) atoms. The number of esters is 9. The van der Waals surface area contributed by atoms with Crippen LogP contribution >= 0.6 is 0 Å². The maximum absolute atomic E-state index is 15.8. The summed E-state index contributed by atoms with van der Waals surface area (Å²) >= 11 is 0. The monoisotopic (exact) mass is 1100 g/mol. The number of carbonyl (C=O) groups is 9. The molecule has 0 unspecified atom stereocenters. The van der Waals surface area contributed by atoms with Gasteiger partial charge in [0, 0.05) is 69.3 Å². The summed E-state index contributed by atoms with van der Waals surface area (Å²) in [6.45, 7) is -2.86. The van der Waals surface area contributed by atoms with E-state index in [9.17, 15) is 52.3 Å². The Morgan fingerprint density at radius 1 is 0.462 bits per heavy atom. The fourth-order valence-corrected chi connectivity index (χ4v) is 6.68. The van der Waals surface area contributed by atoms with Gasteiger partial charge < -0.3 is 71.1 Å². The van der Waals surface area contributed by atoms with Crippen LogP contribution in [0.2, 0.25) is 0 Å². The van der Waals surface area contributed by atoms with Crippen molar-refractivity contribution in [3.05, 3.63) is 88.3 Å². The van der Waals surface area contributed by atoms with Crippen LogP contribution in [0, 0.1) is 17.5 Å². The summed E-state index contributed by atoms with van der Waals surface area (Å²) in [6, 6.07) is 10.6. The van der Waals surface area contributed by atoms with Gasteiger partial charge in [-0.1, -0.05) is 6.07 Å². The second-order valence-electron chi connectivity index (χ2n) is 15.7. The van der Waals surface area contributed by atoms with Crippen molar-refractivity contribution in [3.63, 3.8) is 0 Å². The first kappa shape index (κ1) is 59.2. The van der Waals surface area contributed by atoms with Crippen molar-refractivity contribution in [1.82, 2.24) is 0 Å². The van der Waals surface area contributed by atoms with Crippen LogP contribution in [-0.2, 0) is 85.8 Å². The highest BCUT2D eigenvalue weighted by molar-refractivity contribution is 6.03. The molecule has 5 rings (SSSR count). The summed E-state index contributed by atoms with van der Waals surface area (Å²) in [5.41, 5.74) is -1.44. The van der Waals surface area contributed by atoms with E-state index in [1.54, 1.807) is 0 Å². The van der Waals surface area contributed by atoms with E-state index in [1.165, 1.54) is 18.2 Å². The van der Waals surface area contributed by atoms with Gasteiger partial charge in [0.1, 0.15) is 68.1 Å². The normalized spacial score (nSPS) is 10.6. The minimum Gasteiger partial charge on any atom is -0.488 e. The third-order valence-electron chi connectivity index (χ3n) is 9.96. The molecular formula is C50H47F3N2O23. The topological polar surface area (TPSA) is 301 Å². The van der Waals surface area contributed by atoms with Gasteiger partial charge in [0.25, 0.3) is 0 Å². The van der Waals surface area contributed by atoms with Gasteiger partial charge in [-0.3, -0.25) is 47.9 Å². The third kappa shape index (κ3) is 18.0. The van der Waals surface area contributed by atoms with Gasteiger partial charge in [-0.15, -0.1) is 0 Å². The van der Waals surface area contributed by atoms with E-state index in [1.807, 2.05) is 0 Å². The summed E-state index contributed by atoms with van der Waals surface area (Å²) in [4.78, 5) is 124. The number of carbonyl (C=O) groups excluding carboxylic acids is 9. The highest BCUT2D eigenvalue weighted by Gasteiger charge is 2.27. The first-order chi connectivity index (χ1) is 37.1. The first-order valence-corrected chi connectivity index (χ1v) is 22.6. The van der Waals surface area contributed by atoms with Crippen molar-refractivity contribution >= 4 is 76.1 Å². The maximum Gasteiger partial charge on any atom is 0.328 e. The van der Waals surface area contributed by atoms with E-state index in [4.69, 9.17) is 51.8 Å². The van der Waals surface area contributed by atoms with E-state index in [0.29, 0.717) is 0 Å². The number of benzene rings is 4. The predicted octanol–water partition coefficient (Wildman–Crippen LogP) is 4.21. The van der Waals surface area contributed by atoms with Crippen LogP contribution in [0.25, 0.3) is 33.4 Å². The fraction of sp³-hybridized carbons (Fsp3) is 0.320. The Kier molecular flexibility index (Phi) is 21.5. The smallest absolute Gasteiger partial charge is 0.328 e. The van der Waals surface area contributed by atoms with Gasteiger partial charge in [-0.05, 0) is 42.0 Å². The molecule has 2 aliphatic rings. The van der Waals surface area contributed by atoms with Crippen LogP contribution in [0.4, 0.5) is 24.5 Å². The molecule has 0 saturated heterocycles. The largest absolute Gasteiger partial charge is 0.488 e. The van der Waals surface area contributed by atoms with Crippen LogP contribution in [0.5, 0.6) is 17.2 Å². The molecule has 0 fully saturated rings. The standard InChI is InChI=1S/C50H47F3N2O23/c1-27(56)68-22-73-43-17-42-35(15-37(43)53)50(34-14-36(52)40(61)16-41(34)78-42)32-6-8-38(54(18-46(62)74-23-69-28(2)57)19-47(63)75-24-70-29(3)58)44(12-32)66-10-11-67-45-13-33(51)7-9-39(45)55(20-48(64)76-25-71-30(4)59)21-49(65)77-26-72-31(5)60/h6-9,12-17H,10-11,18-26H2,1-5H3. The molecule has 1 aliphatic carbocycles. The molecule has 0 amide bonds. The third-order valence-corrected chi connectivity index (χ3v) is 9.96. The zero-order chi connectivity index (χ0) is 57.1. The molecule has 416 valence electrons. The predicted molar refractivity (Wildman–Crippen MR) is 254 cm³/mol. The molecule has 3 aromatic carbocycles. The van der Waals surface area contributed by atoms with Gasteiger partial charge in [0.15, 0.2) is 17.4 Å². The van der Waals surface area contributed by atoms with E-state index in [0.717, 1.165) is 86.9 Å². The highest BCUT2D eigenvalue weighted by Crippen LogP contribution is 2.44. The number of nitrogens with zero attached hydrogens (tertiary/aromatic N) is 2. The van der Waals surface area contributed by atoms with Crippen molar-refractivity contribution in [2.24, 2.45) is 0 Å². The summed E-state index contributed by atoms with van der Waals surface area (Å²) in [5, 5.41) is -0.0476. The Bertz CT molecular complexity index is 3020. The van der Waals surface area contributed by atoms with Crippen molar-refractivity contribution < 1.29 is 118 Å². The van der Waals surface area contributed by atoms with Gasteiger partial charge >= 0.3 is 53.7 Å². The molecule has 0 saturated carbocycles. The van der Waals surface area contributed by atoms with Crippen LogP contribution < -0.4 is 29.4 Å². The van der Waals surface area contributed by atoms with Gasteiger partial charge in [-0.2, -0.15) is 0 Å². The van der Waals surface area contributed by atoms with Crippen LogP contribution in [0.3, 0.4) is 0 Å². The molecule has 0 atom stereocenters. The SMILES string of the molecule is CC(=O)OCOC(=O)CN(CC(=O)OCOC(C)=O)c1ccc(F)cc1OCCOc1cc(-c2c3cc(F)c(=O)cc-3oc3cc(OCOC(C)=O)c(F)cc23)ccc1N(CC(=O)OCOC(C)=O)CC(=O)OCOC(C)=O. The Balaban J connectivity index is 1.60. The van der Waals surface area contributed by atoms with Gasteiger partial charge in [-0.25, -0.2) is 13.2 Å². The van der Waals surface area contributed by atoms with Crippen LogP contribution in [0.15, 0.2) is 69.9 Å². The van der Waals surface area contributed by atoms with E-state index in [2.05, 4.69) is 9.47 Å². The molecule has 25 nitrogen and oxygen atoms in total. The quantitative estimate of drug-likeness (QED) is 0.0234. The highest BCUT2D eigenvalue weighted by atomic mass is 19.1. The average molecular weight is 1100 g/mol. The summed E-state index contributed by atoms with van der Waals surface area (Å²) < 4.78 is 113. The number of halogens is 3. The molecule has 0 spiro atoms. The van der Waals surface area contributed by atoms with Crippen LogP contribution in [-0.4, -0.2) is 127 Å². The molecule has 1 heterocycles. The number of hydrogen-bond acceptors (Lipinski definition) is 25. The number of hydrogen-bond donors (Lipinski definition) is 0. The molecule has 0 radical (unpaired) electrons. The molecule has 0 N–H and O–H groups in total. The van der Waals surface area contributed by atoms with Gasteiger partial charge in [0.05, 0.1) is 11.4 Å². The van der Waals surface area contributed by atoms with E-state index >= 15 is 8.78 Å². The number of ether oxygens (including phenoxy) is 12. The lowest BCUT2D eigenvalue weighted by atomic mass is 9.93. The Hall–Kier alpha value is -9.63. The van der Waals surface area contributed by atoms with E-state index in [-0.39, 0.29) is 56.3 Å². The second kappa shape index (κ2) is 28.3. The van der Waals surface area contributed by atoms with Crippen molar-refractivity contribution in [2.75, 3.05) is 83.2 Å². The lowest BCUT2D eigenvalue weighted by Gasteiger charge is -2.26. The number of anilines is 2. The molecule has 3 aromatic rings. The molecule has 0 aromatic heterocycles. The lowest BCUT2D eigenvalue weighted by molar-refractivity contribution is -0.167. The molecular weight excluding hydrogens is 1050 g/mol. The number of fused-ring (bicyclic) bond motifs is 2. The molecule has 1 aliphatic heterocycles. The summed E-state index contributed by atoms with van der Waals surface area (Å²) in [7, 11) is 0. The fourth-order valence-electron chi connectivity index (χ4n) is 6.68. The first-order valence-electron chi connectivity index (χ1n) is 22.6. The summed E-state index contributed by atoms with van der Waals surface area (Å²) in [5.74, 6) is -12.5. The zero-order valence-corrected chi connectivity index (χ0v) is 42.0. The minimum absolute atomic E-state index is 0.0126. The number of rotatable bonds is 27.